The Kier molecular flexibility index (Phi) is 4.08. The first-order valence-corrected chi connectivity index (χ1v) is 7.91. The zero-order valence-corrected chi connectivity index (χ0v) is 11.7. The van der Waals surface area contributed by atoms with Gasteiger partial charge in [0.05, 0.1) is 0 Å². The van der Waals surface area contributed by atoms with Gasteiger partial charge in [-0.2, -0.15) is 0 Å². The Morgan fingerprint density at radius 3 is 2.53 bits per heavy atom. The molecule has 1 saturated carbocycles. The summed E-state index contributed by atoms with van der Waals surface area (Å²) < 4.78 is 5.50. The van der Waals surface area contributed by atoms with Crippen LogP contribution in [0.2, 0.25) is 0 Å². The molecule has 3 fully saturated rings. The van der Waals surface area contributed by atoms with Crippen molar-refractivity contribution in [2.24, 2.45) is 17.6 Å². The van der Waals surface area contributed by atoms with E-state index in [2.05, 4.69) is 0 Å². The van der Waals surface area contributed by atoms with Gasteiger partial charge in [0.2, 0.25) is 0 Å². The number of amides is 1. The predicted molar refractivity (Wildman–Crippen MR) is 73.6 cm³/mol. The standard InChI is InChI=1S/C15H26N2O2/c16-13-7-9-19-14(13)15(18)17-8-6-12(10-17)11-4-2-1-3-5-11/h11-14H,1-10,16H2/t12?,13-,14+/m1/s1. The number of rotatable bonds is 2. The van der Waals surface area contributed by atoms with Crippen LogP contribution in [0, 0.1) is 11.8 Å². The minimum atomic E-state index is -0.370. The molecule has 3 aliphatic rings. The molecular weight excluding hydrogens is 240 g/mol. The zero-order valence-electron chi connectivity index (χ0n) is 11.7. The van der Waals surface area contributed by atoms with Crippen LogP contribution in [0.3, 0.4) is 0 Å². The number of nitrogens with zero attached hydrogens (tertiary/aromatic N) is 1. The fourth-order valence-corrected chi connectivity index (χ4v) is 4.02. The normalized spacial score (nSPS) is 36.9. The Morgan fingerprint density at radius 1 is 1.05 bits per heavy atom. The van der Waals surface area contributed by atoms with Crippen LogP contribution in [0.1, 0.15) is 44.9 Å². The fraction of sp³-hybridized carbons (Fsp3) is 0.933. The Hall–Kier alpha value is -0.610. The molecule has 108 valence electrons. The first-order chi connectivity index (χ1) is 9.25. The molecule has 0 aromatic rings. The second-order valence-corrected chi connectivity index (χ2v) is 6.48. The van der Waals surface area contributed by atoms with Gasteiger partial charge in [-0.25, -0.2) is 0 Å². The SMILES string of the molecule is N[C@@H]1CCO[C@@H]1C(=O)N1CCC(C2CCCCC2)C1. The lowest BCUT2D eigenvalue weighted by Crippen LogP contribution is -2.45. The zero-order chi connectivity index (χ0) is 13.2. The molecule has 1 amide bonds. The molecule has 4 heteroatoms. The van der Waals surface area contributed by atoms with Gasteiger partial charge >= 0.3 is 0 Å². The summed E-state index contributed by atoms with van der Waals surface area (Å²) in [6.07, 6.45) is 8.52. The lowest BCUT2D eigenvalue weighted by molar-refractivity contribution is -0.140. The maximum absolute atomic E-state index is 12.4. The quantitative estimate of drug-likeness (QED) is 0.824. The van der Waals surface area contributed by atoms with Crippen LogP contribution in [0.15, 0.2) is 0 Å². The van der Waals surface area contributed by atoms with Crippen molar-refractivity contribution >= 4 is 5.91 Å². The van der Waals surface area contributed by atoms with E-state index in [4.69, 9.17) is 10.5 Å². The van der Waals surface area contributed by atoms with Gasteiger partial charge in [0.15, 0.2) is 6.10 Å². The number of carbonyl (C=O) groups is 1. The van der Waals surface area contributed by atoms with Crippen LogP contribution in [-0.2, 0) is 9.53 Å². The van der Waals surface area contributed by atoms with Gasteiger partial charge in [-0.3, -0.25) is 4.79 Å². The lowest BCUT2D eigenvalue weighted by atomic mass is 9.80. The molecule has 2 heterocycles. The highest BCUT2D eigenvalue weighted by molar-refractivity contribution is 5.82. The van der Waals surface area contributed by atoms with Crippen LogP contribution in [0.4, 0.5) is 0 Å². The Labute approximate surface area is 115 Å². The lowest BCUT2D eigenvalue weighted by Gasteiger charge is -2.28. The van der Waals surface area contributed by atoms with Gasteiger partial charge in [-0.1, -0.05) is 32.1 Å². The largest absolute Gasteiger partial charge is 0.367 e. The maximum atomic E-state index is 12.4. The molecule has 0 spiro atoms. The van der Waals surface area contributed by atoms with Crippen molar-refractivity contribution in [2.45, 2.75) is 57.1 Å². The van der Waals surface area contributed by atoms with Crippen molar-refractivity contribution < 1.29 is 9.53 Å². The second kappa shape index (κ2) is 5.80. The molecule has 0 aromatic heterocycles. The van der Waals surface area contributed by atoms with Crippen LogP contribution in [0.25, 0.3) is 0 Å². The number of ether oxygens (including phenoxy) is 1. The molecule has 4 nitrogen and oxygen atoms in total. The highest BCUT2D eigenvalue weighted by Gasteiger charge is 2.39. The summed E-state index contributed by atoms with van der Waals surface area (Å²) in [6, 6.07) is -0.0961. The van der Waals surface area contributed by atoms with E-state index in [1.54, 1.807) is 0 Å². The summed E-state index contributed by atoms with van der Waals surface area (Å²) in [5.41, 5.74) is 5.95. The average Bonchev–Trinajstić information content (AvgIpc) is 3.08. The van der Waals surface area contributed by atoms with Crippen molar-refractivity contribution in [1.29, 1.82) is 0 Å². The topological polar surface area (TPSA) is 55.6 Å². The number of carbonyl (C=O) groups excluding carboxylic acids is 1. The molecule has 1 aliphatic carbocycles. The van der Waals surface area contributed by atoms with E-state index in [0.29, 0.717) is 6.61 Å². The van der Waals surface area contributed by atoms with E-state index >= 15 is 0 Å². The Bertz CT molecular complexity index is 328. The smallest absolute Gasteiger partial charge is 0.253 e. The molecule has 2 saturated heterocycles. The van der Waals surface area contributed by atoms with Crippen molar-refractivity contribution in [3.8, 4) is 0 Å². The Morgan fingerprint density at radius 2 is 1.84 bits per heavy atom. The van der Waals surface area contributed by atoms with Crippen molar-refractivity contribution in [3.05, 3.63) is 0 Å². The molecular formula is C15H26N2O2. The van der Waals surface area contributed by atoms with Crippen molar-refractivity contribution in [3.63, 3.8) is 0 Å². The highest BCUT2D eigenvalue weighted by atomic mass is 16.5. The number of nitrogens with two attached hydrogens (primary N) is 1. The van der Waals surface area contributed by atoms with Gasteiger partial charge < -0.3 is 15.4 Å². The molecule has 3 rings (SSSR count). The summed E-state index contributed by atoms with van der Waals surface area (Å²) >= 11 is 0. The third-order valence-electron chi connectivity index (χ3n) is 5.23. The van der Waals surface area contributed by atoms with Crippen LogP contribution in [-0.4, -0.2) is 42.6 Å². The van der Waals surface area contributed by atoms with E-state index in [0.717, 1.165) is 31.3 Å². The molecule has 19 heavy (non-hydrogen) atoms. The average molecular weight is 266 g/mol. The number of hydrogen-bond acceptors (Lipinski definition) is 3. The fourth-order valence-electron chi connectivity index (χ4n) is 4.02. The van der Waals surface area contributed by atoms with Crippen molar-refractivity contribution in [2.75, 3.05) is 19.7 Å². The van der Waals surface area contributed by atoms with E-state index in [9.17, 15) is 4.79 Å². The molecule has 2 N–H and O–H groups in total. The third-order valence-corrected chi connectivity index (χ3v) is 5.23. The third kappa shape index (κ3) is 2.79. The molecule has 1 unspecified atom stereocenters. The molecule has 2 aliphatic heterocycles. The summed E-state index contributed by atoms with van der Waals surface area (Å²) in [5, 5.41) is 0. The number of hydrogen-bond donors (Lipinski definition) is 1. The Balaban J connectivity index is 1.54. The monoisotopic (exact) mass is 266 g/mol. The predicted octanol–water partition coefficient (Wildman–Crippen LogP) is 1.53. The first-order valence-electron chi connectivity index (χ1n) is 7.91. The summed E-state index contributed by atoms with van der Waals surface area (Å²) in [7, 11) is 0. The van der Waals surface area contributed by atoms with E-state index in [1.165, 1.54) is 38.5 Å². The van der Waals surface area contributed by atoms with Gasteiger partial charge in [0.25, 0.3) is 5.91 Å². The van der Waals surface area contributed by atoms with Crippen LogP contribution >= 0.6 is 0 Å². The van der Waals surface area contributed by atoms with E-state index in [1.807, 2.05) is 4.90 Å². The molecule has 3 atom stereocenters. The minimum absolute atomic E-state index is 0.0961. The molecule has 0 aromatic carbocycles. The van der Waals surface area contributed by atoms with E-state index in [-0.39, 0.29) is 18.1 Å². The summed E-state index contributed by atoms with van der Waals surface area (Å²) in [6.45, 7) is 2.49. The molecule has 0 bridgehead atoms. The second-order valence-electron chi connectivity index (χ2n) is 6.48. The van der Waals surface area contributed by atoms with E-state index < -0.39 is 0 Å². The number of likely N-dealkylation sites (tertiary alicyclic amines) is 1. The highest BCUT2D eigenvalue weighted by Crippen LogP contribution is 2.35. The van der Waals surface area contributed by atoms with Gasteiger partial charge in [-0.05, 0) is 24.7 Å². The summed E-state index contributed by atoms with van der Waals surface area (Å²) in [5.74, 6) is 1.72. The minimum Gasteiger partial charge on any atom is -0.367 e. The first kappa shape index (κ1) is 13.4. The van der Waals surface area contributed by atoms with Crippen molar-refractivity contribution in [1.82, 2.24) is 4.90 Å². The summed E-state index contributed by atoms with van der Waals surface area (Å²) in [4.78, 5) is 14.4. The maximum Gasteiger partial charge on any atom is 0.253 e. The van der Waals surface area contributed by atoms with Gasteiger partial charge in [0.1, 0.15) is 0 Å². The van der Waals surface area contributed by atoms with Gasteiger partial charge in [0, 0.05) is 25.7 Å². The van der Waals surface area contributed by atoms with Crippen LogP contribution in [0.5, 0.6) is 0 Å². The van der Waals surface area contributed by atoms with Crippen LogP contribution < -0.4 is 5.73 Å². The molecule has 0 radical (unpaired) electrons. The van der Waals surface area contributed by atoms with Gasteiger partial charge in [-0.15, -0.1) is 0 Å².